The summed E-state index contributed by atoms with van der Waals surface area (Å²) in [4.78, 5) is 18.6. The number of carbonyl (C=O) groups excluding carboxylic acids is 1. The van der Waals surface area contributed by atoms with E-state index in [2.05, 4.69) is 38.7 Å². The van der Waals surface area contributed by atoms with Crippen LogP contribution >= 0.6 is 0 Å². The molecule has 1 saturated heterocycles. The Kier molecular flexibility index (Phi) is 7.06. The molecule has 0 aliphatic carbocycles. The molecule has 0 spiro atoms. The van der Waals surface area contributed by atoms with E-state index in [1.54, 1.807) is 6.20 Å². The zero-order valence-electron chi connectivity index (χ0n) is 17.7. The molecule has 1 aromatic carbocycles. The summed E-state index contributed by atoms with van der Waals surface area (Å²) in [5, 5.41) is 5.67. The van der Waals surface area contributed by atoms with Gasteiger partial charge in [-0.3, -0.25) is 9.88 Å². The molecule has 1 aromatic heterocycles. The molecule has 2 N–H and O–H groups in total. The smallest absolute Gasteiger partial charge is 0.319 e. The Balaban J connectivity index is 1.53. The fraction of sp³-hybridized carbons (Fsp3) is 0.429. The fourth-order valence-corrected chi connectivity index (χ4v) is 4.21. The van der Waals surface area contributed by atoms with Gasteiger partial charge in [0.2, 0.25) is 10.0 Å². The molecule has 2 heterocycles. The first-order chi connectivity index (χ1) is 14.2. The van der Waals surface area contributed by atoms with E-state index < -0.39 is 10.0 Å². The molecule has 1 aliphatic heterocycles. The Morgan fingerprint density at radius 3 is 2.47 bits per heavy atom. The lowest BCUT2D eigenvalue weighted by atomic mass is 10.0. The zero-order chi connectivity index (χ0) is 21.7. The molecule has 0 unspecified atom stereocenters. The highest BCUT2D eigenvalue weighted by atomic mass is 32.2. The largest absolute Gasteiger partial charge is 0.334 e. The van der Waals surface area contributed by atoms with Gasteiger partial charge in [-0.2, -0.15) is 4.31 Å². The number of piperazine rings is 1. The molecule has 0 saturated carbocycles. The van der Waals surface area contributed by atoms with Crippen LogP contribution in [0.3, 0.4) is 0 Å². The van der Waals surface area contributed by atoms with Gasteiger partial charge in [0.15, 0.2) is 0 Å². The molecule has 1 aliphatic rings. The summed E-state index contributed by atoms with van der Waals surface area (Å²) in [5.41, 5.74) is 4.86. The molecule has 8 nitrogen and oxygen atoms in total. The maximum absolute atomic E-state index is 12.2. The van der Waals surface area contributed by atoms with Crippen molar-refractivity contribution in [2.24, 2.45) is 0 Å². The monoisotopic (exact) mass is 431 g/mol. The number of hydrogen-bond donors (Lipinski definition) is 2. The Labute approximate surface area is 178 Å². The number of anilines is 1. The van der Waals surface area contributed by atoms with Crippen LogP contribution in [0.25, 0.3) is 0 Å². The molecule has 162 valence electrons. The van der Waals surface area contributed by atoms with Crippen molar-refractivity contribution in [1.29, 1.82) is 0 Å². The number of hydrogen-bond acceptors (Lipinski definition) is 5. The molecule has 2 aromatic rings. The summed E-state index contributed by atoms with van der Waals surface area (Å²) in [6, 6.07) is 9.63. The van der Waals surface area contributed by atoms with Gasteiger partial charge in [0.1, 0.15) is 0 Å². The average molecular weight is 432 g/mol. The number of pyridine rings is 1. The molecule has 0 bridgehead atoms. The van der Waals surface area contributed by atoms with E-state index in [0.29, 0.717) is 38.4 Å². The summed E-state index contributed by atoms with van der Waals surface area (Å²) >= 11 is 0. The van der Waals surface area contributed by atoms with Gasteiger partial charge in [-0.1, -0.05) is 18.2 Å². The second-order valence-electron chi connectivity index (χ2n) is 7.69. The minimum absolute atomic E-state index is 0.276. The van der Waals surface area contributed by atoms with Crippen molar-refractivity contribution >= 4 is 21.7 Å². The van der Waals surface area contributed by atoms with Crippen molar-refractivity contribution in [2.75, 3.05) is 37.8 Å². The minimum atomic E-state index is -3.12. The molecule has 0 atom stereocenters. The first-order valence-electron chi connectivity index (χ1n) is 9.94. The van der Waals surface area contributed by atoms with Gasteiger partial charge in [-0.05, 0) is 42.7 Å². The van der Waals surface area contributed by atoms with Gasteiger partial charge >= 0.3 is 6.03 Å². The third-order valence-electron chi connectivity index (χ3n) is 5.23. The van der Waals surface area contributed by atoms with E-state index in [0.717, 1.165) is 28.9 Å². The van der Waals surface area contributed by atoms with Gasteiger partial charge in [0.25, 0.3) is 0 Å². The predicted octanol–water partition coefficient (Wildman–Crippen LogP) is 2.10. The molecule has 30 heavy (non-hydrogen) atoms. The first-order valence-corrected chi connectivity index (χ1v) is 11.8. The molecular formula is C21H29N5O3S. The molecule has 9 heteroatoms. The lowest BCUT2D eigenvalue weighted by Crippen LogP contribution is -2.47. The van der Waals surface area contributed by atoms with E-state index in [1.807, 2.05) is 26.0 Å². The second-order valence-corrected chi connectivity index (χ2v) is 9.68. The van der Waals surface area contributed by atoms with E-state index in [1.165, 1.54) is 10.6 Å². The van der Waals surface area contributed by atoms with Crippen molar-refractivity contribution in [1.82, 2.24) is 19.5 Å². The van der Waals surface area contributed by atoms with E-state index in [9.17, 15) is 13.2 Å². The number of aryl methyl sites for hydroxylation is 2. The number of benzene rings is 1. The summed E-state index contributed by atoms with van der Waals surface area (Å²) in [7, 11) is -3.12. The maximum atomic E-state index is 12.2. The highest BCUT2D eigenvalue weighted by Gasteiger charge is 2.23. The number of rotatable bonds is 6. The average Bonchev–Trinajstić information content (AvgIpc) is 2.70. The SMILES string of the molecule is Cc1ccc(NC(=O)NCc2cc(CN3CCN(S(C)(=O)=O)CC3)ccc2C)cn1. The van der Waals surface area contributed by atoms with Crippen LogP contribution in [0.4, 0.5) is 10.5 Å². The Morgan fingerprint density at radius 1 is 1.10 bits per heavy atom. The van der Waals surface area contributed by atoms with E-state index >= 15 is 0 Å². The number of carbonyl (C=O) groups is 1. The minimum Gasteiger partial charge on any atom is -0.334 e. The topological polar surface area (TPSA) is 94.6 Å². The van der Waals surface area contributed by atoms with E-state index in [-0.39, 0.29) is 6.03 Å². The number of sulfonamides is 1. The van der Waals surface area contributed by atoms with Crippen LogP contribution in [0.2, 0.25) is 0 Å². The standard InChI is InChI=1S/C21H29N5O3S/c1-16-4-6-18(15-25-8-10-26(11-9-25)30(3,28)29)12-19(16)13-23-21(27)24-20-7-5-17(2)22-14-20/h4-7,12,14H,8-11,13,15H2,1-3H3,(H2,23,24,27). The van der Waals surface area contributed by atoms with Crippen molar-refractivity contribution < 1.29 is 13.2 Å². The Hall–Kier alpha value is -2.49. The molecule has 3 rings (SSSR count). The third-order valence-corrected chi connectivity index (χ3v) is 6.53. The maximum Gasteiger partial charge on any atom is 0.319 e. The number of urea groups is 1. The van der Waals surface area contributed by atoms with Crippen molar-refractivity contribution in [3.8, 4) is 0 Å². The lowest BCUT2D eigenvalue weighted by molar-refractivity contribution is 0.182. The zero-order valence-corrected chi connectivity index (χ0v) is 18.5. The van der Waals surface area contributed by atoms with Crippen LogP contribution in [0, 0.1) is 13.8 Å². The van der Waals surface area contributed by atoms with Crippen molar-refractivity contribution in [2.45, 2.75) is 26.9 Å². The van der Waals surface area contributed by atoms with Crippen LogP contribution < -0.4 is 10.6 Å². The second kappa shape index (κ2) is 9.55. The Bertz CT molecular complexity index is 984. The van der Waals surface area contributed by atoms with Gasteiger partial charge in [-0.15, -0.1) is 0 Å². The molecule has 1 fully saturated rings. The molecular weight excluding hydrogens is 402 g/mol. The van der Waals surface area contributed by atoms with E-state index in [4.69, 9.17) is 0 Å². The van der Waals surface area contributed by atoms with Gasteiger partial charge in [0, 0.05) is 45.0 Å². The van der Waals surface area contributed by atoms with Crippen molar-refractivity contribution in [3.05, 3.63) is 58.9 Å². The summed E-state index contributed by atoms with van der Waals surface area (Å²) in [6.45, 7) is 7.56. The van der Waals surface area contributed by atoms with Gasteiger partial charge in [0.05, 0.1) is 18.1 Å². The first kappa shape index (κ1) is 22.2. The predicted molar refractivity (Wildman–Crippen MR) is 118 cm³/mol. The lowest BCUT2D eigenvalue weighted by Gasteiger charge is -2.33. The highest BCUT2D eigenvalue weighted by Crippen LogP contribution is 2.15. The van der Waals surface area contributed by atoms with Gasteiger partial charge in [-0.25, -0.2) is 13.2 Å². The molecule has 0 radical (unpaired) electrons. The number of aromatic nitrogens is 1. The number of nitrogens with zero attached hydrogens (tertiary/aromatic N) is 3. The van der Waals surface area contributed by atoms with Crippen LogP contribution in [-0.4, -0.2) is 61.1 Å². The summed E-state index contributed by atoms with van der Waals surface area (Å²) in [5.74, 6) is 0. The van der Waals surface area contributed by atoms with Crippen LogP contribution in [0.5, 0.6) is 0 Å². The number of amides is 2. The van der Waals surface area contributed by atoms with Crippen LogP contribution in [0.1, 0.15) is 22.4 Å². The molecule has 2 amide bonds. The van der Waals surface area contributed by atoms with Crippen LogP contribution in [-0.2, 0) is 23.1 Å². The summed E-state index contributed by atoms with van der Waals surface area (Å²) in [6.07, 6.45) is 2.89. The number of nitrogens with one attached hydrogen (secondary N) is 2. The third kappa shape index (κ3) is 6.25. The quantitative estimate of drug-likeness (QED) is 0.730. The summed E-state index contributed by atoms with van der Waals surface area (Å²) < 4.78 is 24.8. The fourth-order valence-electron chi connectivity index (χ4n) is 3.38. The highest BCUT2D eigenvalue weighted by molar-refractivity contribution is 7.88. The Morgan fingerprint density at radius 2 is 1.83 bits per heavy atom. The van der Waals surface area contributed by atoms with Gasteiger partial charge < -0.3 is 10.6 Å². The normalized spacial score (nSPS) is 15.7. The van der Waals surface area contributed by atoms with Crippen molar-refractivity contribution in [3.63, 3.8) is 0 Å². The van der Waals surface area contributed by atoms with Crippen LogP contribution in [0.15, 0.2) is 36.5 Å².